The van der Waals surface area contributed by atoms with Gasteiger partial charge in [-0.1, -0.05) is 6.07 Å². The van der Waals surface area contributed by atoms with Gasteiger partial charge < -0.3 is 15.0 Å². The molecular formula is C16H19N5O4S2. The van der Waals surface area contributed by atoms with E-state index in [1.165, 1.54) is 29.6 Å². The zero-order valence-electron chi connectivity index (χ0n) is 14.6. The summed E-state index contributed by atoms with van der Waals surface area (Å²) in [6.45, 7) is 4.25. The van der Waals surface area contributed by atoms with E-state index in [1.54, 1.807) is 22.9 Å². The first-order valence-corrected chi connectivity index (χ1v) is 10.0. The van der Waals surface area contributed by atoms with E-state index in [-0.39, 0.29) is 11.6 Å². The lowest BCUT2D eigenvalue weighted by Crippen LogP contribution is -2.51. The largest absolute Gasteiger partial charge is 0.378 e. The third kappa shape index (κ3) is 5.02. The average Bonchev–Trinajstić information content (AvgIpc) is 3.38. The molecule has 27 heavy (non-hydrogen) atoms. The number of anilines is 1. The summed E-state index contributed by atoms with van der Waals surface area (Å²) < 4.78 is 5.29. The number of hydrogen-bond acceptors (Lipinski definition) is 8. The minimum atomic E-state index is -0.806. The number of hydrazine groups is 1. The van der Waals surface area contributed by atoms with Gasteiger partial charge in [-0.2, -0.15) is 0 Å². The summed E-state index contributed by atoms with van der Waals surface area (Å²) >= 11 is 2.64. The van der Waals surface area contributed by atoms with E-state index < -0.39 is 17.9 Å². The SMILES string of the molecule is CC(NC(=O)c1cccs1)C(=O)NNC(=O)c1csc(N2CCOCC2)n1. The molecule has 0 radical (unpaired) electrons. The molecule has 11 heteroatoms. The number of thiophene rings is 1. The molecule has 1 aliphatic heterocycles. The maximum Gasteiger partial charge on any atom is 0.289 e. The van der Waals surface area contributed by atoms with Crippen LogP contribution < -0.4 is 21.1 Å². The molecule has 2 aromatic rings. The second kappa shape index (κ2) is 8.93. The molecule has 3 rings (SSSR count). The Hall–Kier alpha value is -2.50. The summed E-state index contributed by atoms with van der Waals surface area (Å²) in [5.74, 6) is -1.39. The van der Waals surface area contributed by atoms with E-state index in [0.717, 1.165) is 18.2 Å². The van der Waals surface area contributed by atoms with Crippen molar-refractivity contribution in [1.29, 1.82) is 0 Å². The van der Waals surface area contributed by atoms with Crippen molar-refractivity contribution in [3.05, 3.63) is 33.5 Å². The van der Waals surface area contributed by atoms with E-state index in [0.29, 0.717) is 18.1 Å². The van der Waals surface area contributed by atoms with Crippen molar-refractivity contribution in [2.45, 2.75) is 13.0 Å². The maximum atomic E-state index is 12.2. The number of carbonyl (C=O) groups excluding carboxylic acids is 3. The number of aromatic nitrogens is 1. The van der Waals surface area contributed by atoms with Crippen LogP contribution in [0.4, 0.5) is 5.13 Å². The second-order valence-electron chi connectivity index (χ2n) is 5.73. The highest BCUT2D eigenvalue weighted by molar-refractivity contribution is 7.14. The molecule has 3 N–H and O–H groups in total. The number of carbonyl (C=O) groups is 3. The Kier molecular flexibility index (Phi) is 6.37. The number of ether oxygens (including phenoxy) is 1. The van der Waals surface area contributed by atoms with Crippen LogP contribution in [-0.2, 0) is 9.53 Å². The van der Waals surface area contributed by atoms with Gasteiger partial charge in [0.25, 0.3) is 17.7 Å². The fourth-order valence-corrected chi connectivity index (χ4v) is 3.79. The smallest absolute Gasteiger partial charge is 0.289 e. The van der Waals surface area contributed by atoms with Crippen molar-refractivity contribution in [2.75, 3.05) is 31.2 Å². The number of hydrogen-bond donors (Lipinski definition) is 3. The Labute approximate surface area is 163 Å². The van der Waals surface area contributed by atoms with Crippen LogP contribution in [0.25, 0.3) is 0 Å². The molecule has 0 spiro atoms. The molecule has 0 aliphatic carbocycles. The van der Waals surface area contributed by atoms with Crippen LogP contribution in [0.2, 0.25) is 0 Å². The van der Waals surface area contributed by atoms with Gasteiger partial charge in [0.1, 0.15) is 11.7 Å². The summed E-state index contributed by atoms with van der Waals surface area (Å²) in [6.07, 6.45) is 0. The van der Waals surface area contributed by atoms with Crippen molar-refractivity contribution >= 4 is 45.5 Å². The number of amides is 3. The van der Waals surface area contributed by atoms with Gasteiger partial charge in [-0.25, -0.2) is 4.98 Å². The summed E-state index contributed by atoms with van der Waals surface area (Å²) in [5, 5.41) is 6.72. The van der Waals surface area contributed by atoms with Crippen molar-refractivity contribution in [3.63, 3.8) is 0 Å². The second-order valence-corrected chi connectivity index (χ2v) is 7.51. The minimum absolute atomic E-state index is 0.220. The highest BCUT2D eigenvalue weighted by Gasteiger charge is 2.20. The van der Waals surface area contributed by atoms with Gasteiger partial charge in [0.15, 0.2) is 5.13 Å². The highest BCUT2D eigenvalue weighted by Crippen LogP contribution is 2.21. The average molecular weight is 409 g/mol. The van der Waals surface area contributed by atoms with Crippen LogP contribution in [0.3, 0.4) is 0 Å². The lowest BCUT2D eigenvalue weighted by Gasteiger charge is -2.25. The third-order valence-corrected chi connectivity index (χ3v) is 5.56. The predicted octanol–water partition coefficient (Wildman–Crippen LogP) is 0.621. The molecule has 0 aromatic carbocycles. The first-order valence-electron chi connectivity index (χ1n) is 8.27. The Bertz CT molecular complexity index is 802. The zero-order valence-corrected chi connectivity index (χ0v) is 16.2. The molecule has 9 nitrogen and oxygen atoms in total. The highest BCUT2D eigenvalue weighted by atomic mass is 32.1. The Balaban J connectivity index is 1.47. The van der Waals surface area contributed by atoms with E-state index in [1.807, 2.05) is 4.90 Å². The van der Waals surface area contributed by atoms with Crippen LogP contribution in [0, 0.1) is 0 Å². The fraction of sp³-hybridized carbons (Fsp3) is 0.375. The molecule has 1 aliphatic rings. The van der Waals surface area contributed by atoms with Crippen LogP contribution in [0.1, 0.15) is 27.1 Å². The number of nitrogens with zero attached hydrogens (tertiary/aromatic N) is 2. The van der Waals surface area contributed by atoms with Crippen LogP contribution in [0.15, 0.2) is 22.9 Å². The maximum absolute atomic E-state index is 12.2. The summed E-state index contributed by atoms with van der Waals surface area (Å²) in [4.78, 5) is 43.0. The van der Waals surface area contributed by atoms with Gasteiger partial charge in [0.05, 0.1) is 18.1 Å². The molecule has 0 bridgehead atoms. The Morgan fingerprint density at radius 3 is 2.67 bits per heavy atom. The molecule has 1 atom stereocenters. The lowest BCUT2D eigenvalue weighted by molar-refractivity contribution is -0.123. The van der Waals surface area contributed by atoms with Gasteiger partial charge >= 0.3 is 0 Å². The van der Waals surface area contributed by atoms with Gasteiger partial charge in [-0.15, -0.1) is 22.7 Å². The van der Waals surface area contributed by atoms with E-state index in [9.17, 15) is 14.4 Å². The zero-order chi connectivity index (χ0) is 19.2. The molecule has 2 aromatic heterocycles. The van der Waals surface area contributed by atoms with Crippen LogP contribution in [-0.4, -0.2) is 55.1 Å². The molecule has 0 saturated carbocycles. The fourth-order valence-electron chi connectivity index (χ4n) is 2.30. The summed E-state index contributed by atoms with van der Waals surface area (Å²) in [7, 11) is 0. The lowest BCUT2D eigenvalue weighted by atomic mass is 10.3. The quantitative estimate of drug-likeness (QED) is 0.624. The van der Waals surface area contributed by atoms with Crippen molar-refractivity contribution in [2.24, 2.45) is 0 Å². The molecule has 1 unspecified atom stereocenters. The van der Waals surface area contributed by atoms with Crippen LogP contribution >= 0.6 is 22.7 Å². The van der Waals surface area contributed by atoms with Gasteiger partial charge in [0.2, 0.25) is 0 Å². The molecular weight excluding hydrogens is 390 g/mol. The molecule has 144 valence electrons. The Morgan fingerprint density at radius 1 is 1.19 bits per heavy atom. The summed E-state index contributed by atoms with van der Waals surface area (Å²) in [5.41, 5.74) is 4.84. The van der Waals surface area contributed by atoms with Gasteiger partial charge in [0, 0.05) is 18.5 Å². The topological polar surface area (TPSA) is 113 Å². The third-order valence-electron chi connectivity index (χ3n) is 3.79. The number of nitrogens with one attached hydrogen (secondary N) is 3. The van der Waals surface area contributed by atoms with Crippen molar-refractivity contribution < 1.29 is 19.1 Å². The minimum Gasteiger partial charge on any atom is -0.378 e. The van der Waals surface area contributed by atoms with Gasteiger partial charge in [-0.3, -0.25) is 25.2 Å². The normalized spacial score (nSPS) is 15.1. The summed E-state index contributed by atoms with van der Waals surface area (Å²) in [6, 6.07) is 2.61. The first kappa shape index (κ1) is 19.3. The standard InChI is InChI=1S/C16H19N5O4S2/c1-10(17-15(24)12-3-2-8-26-12)13(22)19-20-14(23)11-9-27-16(18-11)21-4-6-25-7-5-21/h2-3,8-10H,4-7H2,1H3,(H,17,24)(H,19,22)(H,20,23). The first-order chi connectivity index (χ1) is 13.0. The number of morpholine rings is 1. The van der Waals surface area contributed by atoms with Crippen molar-refractivity contribution in [3.8, 4) is 0 Å². The van der Waals surface area contributed by atoms with E-state index in [4.69, 9.17) is 4.74 Å². The van der Waals surface area contributed by atoms with E-state index >= 15 is 0 Å². The predicted molar refractivity (Wildman–Crippen MR) is 102 cm³/mol. The van der Waals surface area contributed by atoms with E-state index in [2.05, 4.69) is 21.2 Å². The van der Waals surface area contributed by atoms with Gasteiger partial charge in [-0.05, 0) is 18.4 Å². The molecule has 3 heterocycles. The molecule has 1 saturated heterocycles. The molecule has 3 amide bonds. The number of rotatable bonds is 5. The van der Waals surface area contributed by atoms with Crippen LogP contribution in [0.5, 0.6) is 0 Å². The number of thiazole rings is 1. The molecule has 1 fully saturated rings. The monoisotopic (exact) mass is 409 g/mol. The Morgan fingerprint density at radius 2 is 1.96 bits per heavy atom. The van der Waals surface area contributed by atoms with Crippen molar-refractivity contribution in [1.82, 2.24) is 21.2 Å².